The molecule has 2 aliphatic heterocycles. The van der Waals surface area contributed by atoms with E-state index >= 15 is 0 Å². The molecule has 2 saturated heterocycles. The Morgan fingerprint density at radius 3 is 3.21 bits per heavy atom. The Morgan fingerprint density at radius 1 is 1.37 bits per heavy atom. The minimum Gasteiger partial charge on any atom is -0.370 e. The van der Waals surface area contributed by atoms with Gasteiger partial charge in [0.15, 0.2) is 0 Å². The summed E-state index contributed by atoms with van der Waals surface area (Å²) in [5.74, 6) is 1.01. The molecule has 19 heavy (non-hydrogen) atoms. The Kier molecular flexibility index (Phi) is 3.87. The molecule has 3 rings (SSSR count). The average molecular weight is 260 g/mol. The highest BCUT2D eigenvalue weighted by atomic mass is 15.3. The third-order valence-corrected chi connectivity index (χ3v) is 4.25. The summed E-state index contributed by atoms with van der Waals surface area (Å²) < 4.78 is 0. The van der Waals surface area contributed by atoms with Crippen molar-refractivity contribution in [3.63, 3.8) is 0 Å². The monoisotopic (exact) mass is 260 g/mol. The number of fused-ring (bicyclic) bond motifs is 1. The van der Waals surface area contributed by atoms with Crippen molar-refractivity contribution in [1.82, 2.24) is 9.88 Å². The Balaban J connectivity index is 1.68. The summed E-state index contributed by atoms with van der Waals surface area (Å²) >= 11 is 0. The van der Waals surface area contributed by atoms with Gasteiger partial charge in [-0.05, 0) is 31.9 Å². The summed E-state index contributed by atoms with van der Waals surface area (Å²) in [4.78, 5) is 9.56. The van der Waals surface area contributed by atoms with Crippen molar-refractivity contribution >= 4 is 11.5 Å². The summed E-state index contributed by atoms with van der Waals surface area (Å²) in [5.41, 5.74) is 1.32. The molecule has 2 aliphatic rings. The zero-order valence-corrected chi connectivity index (χ0v) is 11.8. The van der Waals surface area contributed by atoms with Crippen molar-refractivity contribution in [2.24, 2.45) is 0 Å². The molecule has 4 heteroatoms. The Morgan fingerprint density at radius 2 is 2.32 bits per heavy atom. The zero-order valence-electron chi connectivity index (χ0n) is 11.8. The van der Waals surface area contributed by atoms with Gasteiger partial charge in [-0.2, -0.15) is 0 Å². The third kappa shape index (κ3) is 2.84. The first kappa shape index (κ1) is 12.7. The first-order valence-corrected chi connectivity index (χ1v) is 7.56. The fourth-order valence-corrected chi connectivity index (χ4v) is 3.19. The minimum absolute atomic E-state index is 0.772. The lowest BCUT2D eigenvalue weighted by Crippen LogP contribution is -2.50. The van der Waals surface area contributed by atoms with E-state index in [9.17, 15) is 0 Å². The molecule has 0 spiro atoms. The molecule has 0 radical (unpaired) electrons. The van der Waals surface area contributed by atoms with Crippen LogP contribution in [0.4, 0.5) is 11.5 Å². The molecule has 0 aromatic carbocycles. The lowest BCUT2D eigenvalue weighted by atomic mass is 10.1. The number of aromatic nitrogens is 1. The van der Waals surface area contributed by atoms with E-state index in [1.807, 2.05) is 6.20 Å². The molecule has 1 N–H and O–H groups in total. The van der Waals surface area contributed by atoms with E-state index in [4.69, 9.17) is 0 Å². The molecule has 4 nitrogen and oxygen atoms in total. The van der Waals surface area contributed by atoms with Gasteiger partial charge in [0.05, 0.1) is 0 Å². The summed E-state index contributed by atoms with van der Waals surface area (Å²) in [6.45, 7) is 8.01. The number of anilines is 2. The van der Waals surface area contributed by atoms with Crippen LogP contribution in [0.3, 0.4) is 0 Å². The van der Waals surface area contributed by atoms with Crippen molar-refractivity contribution < 1.29 is 0 Å². The molecule has 1 aromatic rings. The number of nitrogens with one attached hydrogen (secondary N) is 1. The second kappa shape index (κ2) is 5.78. The average Bonchev–Trinajstić information content (AvgIpc) is 2.92. The maximum atomic E-state index is 4.39. The van der Waals surface area contributed by atoms with E-state index in [1.165, 1.54) is 38.2 Å². The molecule has 2 fully saturated rings. The van der Waals surface area contributed by atoms with Crippen molar-refractivity contribution in [1.29, 1.82) is 0 Å². The van der Waals surface area contributed by atoms with E-state index in [1.54, 1.807) is 0 Å². The summed E-state index contributed by atoms with van der Waals surface area (Å²) in [7, 11) is 0. The van der Waals surface area contributed by atoms with Crippen LogP contribution < -0.4 is 10.2 Å². The van der Waals surface area contributed by atoms with Gasteiger partial charge < -0.3 is 10.2 Å². The molecule has 1 atom stereocenters. The van der Waals surface area contributed by atoms with Crippen molar-refractivity contribution in [2.75, 3.05) is 42.9 Å². The van der Waals surface area contributed by atoms with Gasteiger partial charge in [0, 0.05) is 50.2 Å². The van der Waals surface area contributed by atoms with Crippen molar-refractivity contribution in [2.45, 2.75) is 32.2 Å². The van der Waals surface area contributed by atoms with Crippen LogP contribution in [0.15, 0.2) is 18.3 Å². The molecule has 0 amide bonds. The van der Waals surface area contributed by atoms with E-state index in [0.29, 0.717) is 0 Å². The van der Waals surface area contributed by atoms with Crippen LogP contribution in [-0.4, -0.2) is 48.6 Å². The Bertz CT molecular complexity index is 420. The van der Waals surface area contributed by atoms with E-state index in [0.717, 1.165) is 31.4 Å². The summed E-state index contributed by atoms with van der Waals surface area (Å²) in [5, 5.41) is 3.37. The second-order valence-electron chi connectivity index (χ2n) is 5.60. The zero-order chi connectivity index (χ0) is 13.1. The first-order valence-electron chi connectivity index (χ1n) is 7.56. The molecule has 0 bridgehead atoms. The van der Waals surface area contributed by atoms with Crippen LogP contribution in [0, 0.1) is 0 Å². The molecule has 0 saturated carbocycles. The Hall–Kier alpha value is -1.29. The topological polar surface area (TPSA) is 31.4 Å². The van der Waals surface area contributed by atoms with Crippen LogP contribution in [0.5, 0.6) is 0 Å². The highest BCUT2D eigenvalue weighted by molar-refractivity contribution is 5.54. The standard InChI is InChI=1S/C15H24N4/c1-2-6-16-15-11-13(5-7-17-15)19-10-9-18-8-3-4-14(18)12-19/h5,7,11,14H,2-4,6,8-10,12H2,1H3,(H,16,17). The summed E-state index contributed by atoms with van der Waals surface area (Å²) in [6, 6.07) is 5.11. The van der Waals surface area contributed by atoms with E-state index in [2.05, 4.69) is 39.2 Å². The predicted molar refractivity (Wildman–Crippen MR) is 79.8 cm³/mol. The van der Waals surface area contributed by atoms with E-state index < -0.39 is 0 Å². The number of hydrogen-bond donors (Lipinski definition) is 1. The van der Waals surface area contributed by atoms with Gasteiger partial charge in [-0.25, -0.2) is 4.98 Å². The number of hydrogen-bond acceptors (Lipinski definition) is 4. The number of rotatable bonds is 4. The van der Waals surface area contributed by atoms with Gasteiger partial charge >= 0.3 is 0 Å². The highest BCUT2D eigenvalue weighted by Crippen LogP contribution is 2.26. The van der Waals surface area contributed by atoms with Crippen molar-refractivity contribution in [3.05, 3.63) is 18.3 Å². The van der Waals surface area contributed by atoms with Gasteiger partial charge in [-0.15, -0.1) is 0 Å². The summed E-state index contributed by atoms with van der Waals surface area (Å²) in [6.07, 6.45) is 5.79. The molecule has 1 unspecified atom stereocenters. The number of piperazine rings is 1. The fourth-order valence-electron chi connectivity index (χ4n) is 3.19. The molecule has 1 aromatic heterocycles. The van der Waals surface area contributed by atoms with Gasteiger partial charge in [0.1, 0.15) is 5.82 Å². The number of pyridine rings is 1. The maximum Gasteiger partial charge on any atom is 0.127 e. The lowest BCUT2D eigenvalue weighted by molar-refractivity contribution is 0.231. The van der Waals surface area contributed by atoms with Gasteiger partial charge in [0.25, 0.3) is 0 Å². The normalized spacial score (nSPS) is 23.4. The molecule has 104 valence electrons. The van der Waals surface area contributed by atoms with Crippen LogP contribution in [0.25, 0.3) is 0 Å². The van der Waals surface area contributed by atoms with Crippen molar-refractivity contribution in [3.8, 4) is 0 Å². The number of nitrogens with zero attached hydrogens (tertiary/aromatic N) is 3. The molecule has 0 aliphatic carbocycles. The smallest absolute Gasteiger partial charge is 0.127 e. The van der Waals surface area contributed by atoms with Crippen LogP contribution in [0.1, 0.15) is 26.2 Å². The maximum absolute atomic E-state index is 4.39. The quantitative estimate of drug-likeness (QED) is 0.899. The van der Waals surface area contributed by atoms with Crippen LogP contribution in [0.2, 0.25) is 0 Å². The van der Waals surface area contributed by atoms with Gasteiger partial charge in [-0.1, -0.05) is 6.92 Å². The molecular formula is C15H24N4. The third-order valence-electron chi connectivity index (χ3n) is 4.25. The highest BCUT2D eigenvalue weighted by Gasteiger charge is 2.30. The first-order chi connectivity index (χ1) is 9.36. The fraction of sp³-hybridized carbons (Fsp3) is 0.667. The minimum atomic E-state index is 0.772. The predicted octanol–water partition coefficient (Wildman–Crippen LogP) is 2.19. The van der Waals surface area contributed by atoms with Gasteiger partial charge in [0.2, 0.25) is 0 Å². The second-order valence-corrected chi connectivity index (χ2v) is 5.60. The SMILES string of the molecule is CCCNc1cc(N2CCN3CCCC3C2)ccn1. The lowest BCUT2D eigenvalue weighted by Gasteiger charge is -2.38. The molecule has 3 heterocycles. The van der Waals surface area contributed by atoms with Crippen LogP contribution in [-0.2, 0) is 0 Å². The Labute approximate surface area is 115 Å². The van der Waals surface area contributed by atoms with Gasteiger partial charge in [-0.3, -0.25) is 4.90 Å². The largest absolute Gasteiger partial charge is 0.370 e. The van der Waals surface area contributed by atoms with E-state index in [-0.39, 0.29) is 0 Å². The van der Waals surface area contributed by atoms with Crippen LogP contribution >= 0.6 is 0 Å². The molecular weight excluding hydrogens is 236 g/mol.